The molecule has 217 valence electrons. The zero-order valence-corrected chi connectivity index (χ0v) is 28.3. The maximum absolute atomic E-state index is 13.8. The maximum atomic E-state index is 13.8. The van der Waals surface area contributed by atoms with E-state index in [9.17, 15) is 19.2 Å². The van der Waals surface area contributed by atoms with E-state index in [1.54, 1.807) is 34.9 Å². The summed E-state index contributed by atoms with van der Waals surface area (Å²) in [7, 11) is 1.54. The number of carbonyl (C=O) groups is 1. The van der Waals surface area contributed by atoms with Crippen molar-refractivity contribution < 1.29 is 14.1 Å². The van der Waals surface area contributed by atoms with Crippen LogP contribution in [0, 0.1) is 0 Å². The third-order valence-corrected chi connectivity index (χ3v) is 8.54. The normalized spacial score (nSPS) is 11.0. The summed E-state index contributed by atoms with van der Waals surface area (Å²) in [5, 5.41) is 4.23. The quantitative estimate of drug-likeness (QED) is 0.185. The Hall–Kier alpha value is -3.65. The smallest absolute Gasteiger partial charge is 0.439 e. The van der Waals surface area contributed by atoms with E-state index >= 15 is 0 Å². The van der Waals surface area contributed by atoms with E-state index in [-0.39, 0.29) is 70.3 Å². The minimum atomic E-state index is -0.635. The van der Waals surface area contributed by atoms with Gasteiger partial charge < -0.3 is 4.74 Å². The molecule has 0 spiro atoms. The second-order valence-corrected chi connectivity index (χ2v) is 11.0. The number of Topliss-reactive ketones (excluding diaryl/α,β-unsaturated/α-hetero) is 1. The predicted molar refractivity (Wildman–Crippen MR) is 170 cm³/mol. The van der Waals surface area contributed by atoms with Crippen LogP contribution in [0.15, 0.2) is 97.8 Å². The Balaban J connectivity index is 0.00000384. The number of thiophene rings is 1. The number of aromatic amines is 1. The van der Waals surface area contributed by atoms with Gasteiger partial charge >= 0.3 is 11.4 Å². The monoisotopic (exact) mass is 633 g/mol. The van der Waals surface area contributed by atoms with Gasteiger partial charge in [0.25, 0.3) is 5.56 Å². The van der Waals surface area contributed by atoms with E-state index < -0.39 is 17.0 Å². The summed E-state index contributed by atoms with van der Waals surface area (Å²) in [5.41, 5.74) is 2.61. The third kappa shape index (κ3) is 6.27. The number of nitrogens with zero attached hydrogens (tertiary/aromatic N) is 3. The molecule has 6 rings (SSSR count). The molecule has 3 heterocycles. The molecular weight excluding hydrogens is 608 g/mol. The van der Waals surface area contributed by atoms with E-state index in [1.807, 2.05) is 55.5 Å². The van der Waals surface area contributed by atoms with Gasteiger partial charge in [-0.3, -0.25) is 28.2 Å². The van der Waals surface area contributed by atoms with Crippen molar-refractivity contribution in [3.8, 4) is 28.3 Å². The molecule has 0 saturated carbocycles. The van der Waals surface area contributed by atoms with E-state index in [0.29, 0.717) is 39.3 Å². The molecule has 0 aliphatic rings. The summed E-state index contributed by atoms with van der Waals surface area (Å²) >= 11 is 1.41. The van der Waals surface area contributed by atoms with Crippen LogP contribution in [-0.4, -0.2) is 83.6 Å². The summed E-state index contributed by atoms with van der Waals surface area (Å²) < 4.78 is 12.4. The first-order valence-electron chi connectivity index (χ1n) is 13.5. The number of rotatable bonds is 9. The van der Waals surface area contributed by atoms with Gasteiger partial charge in [0.15, 0.2) is 11.6 Å². The fourth-order valence-corrected chi connectivity index (χ4v) is 6.05. The average molecular weight is 634 g/mol. The van der Waals surface area contributed by atoms with Gasteiger partial charge in [0, 0.05) is 67.4 Å². The molecule has 3 aromatic heterocycles. The second-order valence-electron chi connectivity index (χ2n) is 9.88. The fourth-order valence-electron chi connectivity index (χ4n) is 4.97. The van der Waals surface area contributed by atoms with Crippen molar-refractivity contribution in [3.05, 3.63) is 126 Å². The number of aromatic nitrogens is 4. The Labute approximate surface area is 297 Å². The third-order valence-electron chi connectivity index (χ3n) is 7.24. The number of methoxy groups -OCH3 is 1. The number of benzene rings is 3. The molecule has 0 aliphatic carbocycles. The predicted octanol–water partition coefficient (Wildman–Crippen LogP) is 4.36. The molecule has 0 bridgehead atoms. The largest absolute Gasteiger partial charge is 0.497 e. The first-order chi connectivity index (χ1) is 20.9. The van der Waals surface area contributed by atoms with Crippen molar-refractivity contribution >= 4 is 78.7 Å². The number of aryl methyl sites for hydroxylation is 1. The maximum Gasteiger partial charge on any atom is 0.439 e. The van der Waals surface area contributed by atoms with Crippen LogP contribution in [0.1, 0.15) is 27.7 Å². The van der Waals surface area contributed by atoms with Crippen LogP contribution in [0.4, 0.5) is 0 Å². The number of ether oxygens (including phenoxy) is 1. The van der Waals surface area contributed by atoms with Crippen molar-refractivity contribution in [2.45, 2.75) is 26.4 Å². The first-order valence-corrected chi connectivity index (χ1v) is 14.4. The Morgan fingerprint density at radius 2 is 1.66 bits per heavy atom. The van der Waals surface area contributed by atoms with Gasteiger partial charge in [0.1, 0.15) is 10.6 Å². The topological polar surface area (TPSA) is 129 Å². The number of ketones is 1. The molecular formula is C32H26KN4O6S. The Bertz CT molecular complexity index is 2140. The SMILES string of the molecule is CCc1cc2c(=O)n(CC(=O)c3ccc(OC)cc3)c(=O)n(Cc3ccc(-c4ccccc4-c4noc(=O)[nH]4)cc3)c2s1.[K]. The number of carbonyl (C=O) groups excluding carboxylic acids is 1. The summed E-state index contributed by atoms with van der Waals surface area (Å²) in [5.74, 6) is -0.0566. The molecule has 0 atom stereocenters. The summed E-state index contributed by atoms with van der Waals surface area (Å²) in [4.78, 5) is 56.0. The second kappa shape index (κ2) is 13.5. The number of fused-ring (bicyclic) bond motifs is 1. The number of hydrogen-bond acceptors (Lipinski definition) is 8. The van der Waals surface area contributed by atoms with Gasteiger partial charge in [-0.1, -0.05) is 60.6 Å². The standard InChI is InChI=1S/C32H26N4O6S.K/c1-3-23-16-26-29(38)35(18-27(37)21-12-14-22(41-2)15-13-21)32(40)36(30(26)43-23)17-19-8-10-20(11-9-19)24-6-4-5-7-25(24)28-33-31(39)42-34-28;/h4-16H,3,17-18H2,1-2H3,(H,33,34,39);. The fraction of sp³-hybridized carbons (Fsp3) is 0.156. The van der Waals surface area contributed by atoms with E-state index in [1.165, 1.54) is 18.4 Å². The van der Waals surface area contributed by atoms with Gasteiger partial charge in [-0.25, -0.2) is 9.59 Å². The van der Waals surface area contributed by atoms with Gasteiger partial charge in [-0.05, 0) is 53.4 Å². The van der Waals surface area contributed by atoms with Crippen LogP contribution in [0.3, 0.4) is 0 Å². The van der Waals surface area contributed by atoms with Crippen LogP contribution in [0.25, 0.3) is 32.7 Å². The molecule has 44 heavy (non-hydrogen) atoms. The molecule has 0 fully saturated rings. The molecule has 0 amide bonds. The molecule has 0 saturated heterocycles. The zero-order valence-electron chi connectivity index (χ0n) is 24.3. The van der Waals surface area contributed by atoms with Crippen LogP contribution in [0.5, 0.6) is 5.75 Å². The van der Waals surface area contributed by atoms with Gasteiger partial charge in [0.05, 0.1) is 25.6 Å². The van der Waals surface area contributed by atoms with Crippen molar-refractivity contribution in [3.63, 3.8) is 0 Å². The molecule has 1 N–H and O–H groups in total. The molecule has 10 nitrogen and oxygen atoms in total. The van der Waals surface area contributed by atoms with E-state index in [0.717, 1.165) is 26.1 Å². The molecule has 1 radical (unpaired) electrons. The summed E-state index contributed by atoms with van der Waals surface area (Å²) in [6, 6.07) is 23.5. The van der Waals surface area contributed by atoms with Crippen molar-refractivity contribution in [1.82, 2.24) is 19.3 Å². The zero-order chi connectivity index (χ0) is 30.1. The van der Waals surface area contributed by atoms with Gasteiger partial charge in [-0.2, -0.15) is 0 Å². The number of H-pyrrole nitrogens is 1. The summed E-state index contributed by atoms with van der Waals surface area (Å²) in [6.07, 6.45) is 0.711. The molecule has 12 heteroatoms. The number of hydrogen-bond donors (Lipinski definition) is 1. The minimum Gasteiger partial charge on any atom is -0.497 e. The minimum absolute atomic E-state index is 0. The Kier molecular flexibility index (Phi) is 9.78. The van der Waals surface area contributed by atoms with Gasteiger partial charge in [0.2, 0.25) is 0 Å². The van der Waals surface area contributed by atoms with Crippen LogP contribution < -0.4 is 21.7 Å². The van der Waals surface area contributed by atoms with Gasteiger partial charge in [-0.15, -0.1) is 11.3 Å². The Morgan fingerprint density at radius 3 is 2.30 bits per heavy atom. The van der Waals surface area contributed by atoms with Crippen molar-refractivity contribution in [1.29, 1.82) is 0 Å². The van der Waals surface area contributed by atoms with Crippen LogP contribution in [0.2, 0.25) is 0 Å². The molecule has 0 unspecified atom stereocenters. The van der Waals surface area contributed by atoms with E-state index in [2.05, 4.69) is 14.7 Å². The van der Waals surface area contributed by atoms with E-state index in [4.69, 9.17) is 4.74 Å². The van der Waals surface area contributed by atoms with Crippen molar-refractivity contribution in [2.24, 2.45) is 0 Å². The van der Waals surface area contributed by atoms with Crippen LogP contribution in [-0.2, 0) is 19.5 Å². The average Bonchev–Trinajstić information content (AvgIpc) is 3.68. The Morgan fingerprint density at radius 1 is 0.955 bits per heavy atom. The molecule has 6 aromatic rings. The molecule has 0 aliphatic heterocycles. The first kappa shape index (κ1) is 31.8. The molecule has 3 aromatic carbocycles. The van der Waals surface area contributed by atoms with Crippen molar-refractivity contribution in [2.75, 3.05) is 7.11 Å². The summed E-state index contributed by atoms with van der Waals surface area (Å²) in [6.45, 7) is 1.82. The number of nitrogens with one attached hydrogen (secondary N) is 1. The van der Waals surface area contributed by atoms with Crippen LogP contribution >= 0.6 is 11.3 Å².